The Labute approximate surface area is 489 Å². The number of aliphatic hydroxyl groups is 3. The molecule has 0 radical (unpaired) electrons. The Morgan fingerprint density at radius 1 is 0.826 bits per heavy atom. The second-order valence-corrected chi connectivity index (χ2v) is 26.0. The highest BCUT2D eigenvalue weighted by Gasteiger charge is 2.93. The third kappa shape index (κ3) is 7.34. The van der Waals surface area contributed by atoms with Crippen molar-refractivity contribution in [3.8, 4) is 23.0 Å². The van der Waals surface area contributed by atoms with Crippen LogP contribution in [0.5, 0.6) is 23.0 Å². The molecule has 3 saturated heterocycles. The monoisotopic (exact) mass is 1190 g/mol. The number of rotatable bonds is 11. The number of esters is 5. The van der Waals surface area contributed by atoms with Crippen LogP contribution in [0.1, 0.15) is 107 Å². The van der Waals surface area contributed by atoms with E-state index in [2.05, 4.69) is 15.6 Å². The number of aromatic hydroxyl groups is 1. The van der Waals surface area contributed by atoms with Crippen LogP contribution in [0.15, 0.2) is 54.7 Å². The quantitative estimate of drug-likeness (QED) is 0.0799. The smallest absolute Gasteiger partial charge is 0.341 e. The van der Waals surface area contributed by atoms with Gasteiger partial charge in [-0.05, 0) is 68.6 Å². The van der Waals surface area contributed by atoms with Gasteiger partial charge in [-0.25, -0.2) is 18.4 Å². The van der Waals surface area contributed by atoms with Crippen molar-refractivity contribution in [2.75, 3.05) is 0 Å². The molecule has 5 N–H and O–H groups in total. The predicted molar refractivity (Wildman–Crippen MR) is 282 cm³/mol. The van der Waals surface area contributed by atoms with Crippen molar-refractivity contribution < 1.29 is 101 Å². The molecule has 25 heteroatoms. The van der Waals surface area contributed by atoms with Crippen molar-refractivity contribution in [2.24, 2.45) is 57.7 Å². The van der Waals surface area contributed by atoms with Crippen LogP contribution in [0.25, 0.3) is 0 Å². The average Bonchev–Trinajstić information content (AvgIpc) is 1.48. The number of phenolic OH excluding ortho intramolecular Hbond substituents is 1. The molecule has 1 amide bonds. The lowest BCUT2D eigenvalue weighted by Gasteiger charge is -2.67. The number of amides is 1. The molecule has 0 bridgehead atoms. The van der Waals surface area contributed by atoms with Crippen LogP contribution in [0.3, 0.4) is 0 Å². The molecular formula is C61H64F2N4O19. The van der Waals surface area contributed by atoms with Gasteiger partial charge in [0.15, 0.2) is 34.3 Å². The van der Waals surface area contributed by atoms with Crippen LogP contribution in [0, 0.1) is 69.3 Å². The Bertz CT molecular complexity index is 3640. The zero-order chi connectivity index (χ0) is 61.0. The molecule has 23 nitrogen and oxygen atoms in total. The molecular weight excluding hydrogens is 1130 g/mol. The summed E-state index contributed by atoms with van der Waals surface area (Å²) in [6.07, 6.45) is -6.74. The maximum atomic E-state index is 16.2. The number of epoxide rings is 2. The minimum absolute atomic E-state index is 0.00139. The Hall–Kier alpha value is -7.32. The normalized spacial score (nSPS) is 41.7. The summed E-state index contributed by atoms with van der Waals surface area (Å²) in [6, 6.07) is 9.66. The number of halogens is 2. The maximum Gasteiger partial charge on any atom is 0.341 e. The van der Waals surface area contributed by atoms with E-state index in [1.807, 2.05) is 13.8 Å². The van der Waals surface area contributed by atoms with Crippen LogP contribution >= 0.6 is 0 Å². The fraction of sp³-hybridized carbons (Fsp3) is 0.574. The van der Waals surface area contributed by atoms with E-state index >= 15 is 4.39 Å². The van der Waals surface area contributed by atoms with Crippen LogP contribution in [0.4, 0.5) is 8.78 Å². The largest absolute Gasteiger partial charge is 0.505 e. The molecule has 22 atom stereocenters. The fourth-order valence-electron chi connectivity index (χ4n) is 18.5. The van der Waals surface area contributed by atoms with E-state index in [0.29, 0.717) is 5.56 Å². The first-order valence-electron chi connectivity index (χ1n) is 29.0. The number of nitrogens with zero attached hydrogens (tertiary/aromatic N) is 3. The Kier molecular flexibility index (Phi) is 12.2. The molecule has 10 aliphatic rings. The third-order valence-electron chi connectivity index (χ3n) is 21.9. The number of benzene rings is 3. The van der Waals surface area contributed by atoms with Gasteiger partial charge in [0, 0.05) is 80.0 Å². The van der Waals surface area contributed by atoms with Crippen molar-refractivity contribution in [1.29, 1.82) is 0 Å². The van der Waals surface area contributed by atoms with Gasteiger partial charge in [-0.15, -0.1) is 5.10 Å². The predicted octanol–water partition coefficient (Wildman–Crippen LogP) is 4.17. The van der Waals surface area contributed by atoms with Crippen molar-refractivity contribution in [3.63, 3.8) is 0 Å². The molecule has 5 aliphatic heterocycles. The number of fused-ring (bicyclic) bond motifs is 15. The summed E-state index contributed by atoms with van der Waals surface area (Å²) < 4.78 is 88.0. The molecule has 456 valence electrons. The Morgan fingerprint density at radius 3 is 2.23 bits per heavy atom. The number of nitrogens with one attached hydrogen (secondary N) is 1. The number of ether oxygens (including phenoxy) is 9. The van der Waals surface area contributed by atoms with E-state index in [0.717, 1.165) is 18.2 Å². The van der Waals surface area contributed by atoms with Gasteiger partial charge in [0.05, 0.1) is 52.7 Å². The second kappa shape index (κ2) is 18.6. The summed E-state index contributed by atoms with van der Waals surface area (Å²) in [6.45, 7) is 12.0. The van der Waals surface area contributed by atoms with Crippen molar-refractivity contribution in [2.45, 2.75) is 160 Å². The van der Waals surface area contributed by atoms with Gasteiger partial charge < -0.3 is 68.4 Å². The number of phenols is 1. The SMILES string of the molecule is CC(=O)O[C@H]1[C@H]2[C@@H]([C@@H](O)[C@@H](NC(=O)CCCn3cc(COc4cc5c(cc4F)C4(OC(=O)c6ccccc64)c4cc(F)c(O)cc4O5)nn3)[C@H]3C[C@@H]4O[C@@H]4[C@H](OC(C)=O)[C@]23C)[C@@H]2[C@@H](O)C3[C@H]([C@H](C)[C@H]4O[C@]45OC(=O)[C@@](C)(O)[C@]35C)[C@@]2(C)[C@H]1OC(C)=O. The third-order valence-corrected chi connectivity index (χ3v) is 21.9. The minimum Gasteiger partial charge on any atom is -0.505 e. The van der Waals surface area contributed by atoms with Gasteiger partial charge in [-0.1, -0.05) is 44.2 Å². The highest BCUT2D eigenvalue weighted by Crippen LogP contribution is 2.81. The number of carbonyl (C=O) groups excluding carboxylic acids is 6. The number of carbonyl (C=O) groups is 6. The Balaban J connectivity index is 0.733. The lowest BCUT2D eigenvalue weighted by Crippen LogP contribution is -2.77. The highest BCUT2D eigenvalue weighted by atomic mass is 19.1. The summed E-state index contributed by atoms with van der Waals surface area (Å²) in [7, 11) is 0. The number of hydrogen-bond donors (Lipinski definition) is 5. The van der Waals surface area contributed by atoms with E-state index < -0.39 is 183 Å². The van der Waals surface area contributed by atoms with Gasteiger partial charge in [0.2, 0.25) is 11.7 Å². The summed E-state index contributed by atoms with van der Waals surface area (Å²) >= 11 is 0. The number of aliphatic hydroxyl groups excluding tert-OH is 2. The van der Waals surface area contributed by atoms with Gasteiger partial charge in [-0.2, -0.15) is 0 Å². The average molecular weight is 1200 g/mol. The van der Waals surface area contributed by atoms with Crippen molar-refractivity contribution in [3.05, 3.63) is 94.3 Å². The van der Waals surface area contributed by atoms with Gasteiger partial charge in [0.1, 0.15) is 54.3 Å². The molecule has 14 rings (SSSR count). The van der Waals surface area contributed by atoms with Crippen LogP contribution in [-0.2, 0) is 75.9 Å². The molecule has 3 aromatic carbocycles. The summed E-state index contributed by atoms with van der Waals surface area (Å²) in [5, 5.41) is 60.8. The highest BCUT2D eigenvalue weighted by molar-refractivity contribution is 5.97. The molecule has 4 aromatic rings. The fourth-order valence-corrected chi connectivity index (χ4v) is 18.5. The topological polar surface area (TPSA) is 316 Å². The van der Waals surface area contributed by atoms with Gasteiger partial charge in [0.25, 0.3) is 0 Å². The van der Waals surface area contributed by atoms with Crippen LogP contribution < -0.4 is 14.8 Å². The van der Waals surface area contributed by atoms with Crippen LogP contribution in [0.2, 0.25) is 0 Å². The molecule has 2 unspecified atom stereocenters. The minimum atomic E-state index is -2.21. The van der Waals surface area contributed by atoms with E-state index in [9.17, 15) is 53.6 Å². The van der Waals surface area contributed by atoms with Gasteiger partial charge in [-0.3, -0.25) is 23.9 Å². The molecule has 8 fully saturated rings. The zero-order valence-electron chi connectivity index (χ0n) is 48.0. The van der Waals surface area contributed by atoms with E-state index in [1.54, 1.807) is 38.2 Å². The lowest BCUT2D eigenvalue weighted by atomic mass is 9.40. The summed E-state index contributed by atoms with van der Waals surface area (Å²) in [5.74, 6) is -15.2. The molecule has 1 aromatic heterocycles. The molecule has 5 aliphatic carbocycles. The number of aromatic nitrogens is 3. The Morgan fingerprint density at radius 2 is 1.51 bits per heavy atom. The van der Waals surface area contributed by atoms with E-state index in [-0.39, 0.29) is 72.0 Å². The second-order valence-electron chi connectivity index (χ2n) is 26.0. The first-order chi connectivity index (χ1) is 40.6. The zero-order valence-corrected chi connectivity index (χ0v) is 48.0. The van der Waals surface area contributed by atoms with Crippen molar-refractivity contribution >= 4 is 35.8 Å². The summed E-state index contributed by atoms with van der Waals surface area (Å²) in [4.78, 5) is 81.7. The molecule has 2 spiro atoms. The first kappa shape index (κ1) is 56.5. The summed E-state index contributed by atoms with van der Waals surface area (Å²) in [5.41, 5.74) is -7.56. The van der Waals surface area contributed by atoms with Crippen molar-refractivity contribution in [1.82, 2.24) is 20.3 Å². The standard InChI is InChI=1S/C61H64F2N4O19/c1-23-42-45(58(7)59(8,77)55(76)86-61(58)51(23)84-61)48(74)43-41-44(50(79-24(2)68)53(57(42,43)6)81-26(4)70)56(5)32(18-39-49(83-39)52(56)80-25(3)69)46(47(41)73)64-40(72)14-11-15-67-21-27(65-66-67)22-78-38-20-37-31(17-34(38)63)60(29-13-10-9-12-28(29)54(75)85-60)30-16-33(62)35(71)19-36(30)82-37/h9-10,12-13,16-17,19-21,23,32,39,41-53,71,73-74,77H,11,14-15,18,22H2,1-8H3,(H,64,72)/t23-,32+,39-,41-,42-,43+,44+,45?,46-,47+,48+,49-,50-,51+,52-,53-,56-,57+,58-,59+,60?,61-/m0/s1. The molecule has 5 saturated carbocycles. The lowest BCUT2D eigenvalue weighted by molar-refractivity contribution is -0.286. The van der Waals surface area contributed by atoms with E-state index in [1.165, 1.54) is 44.5 Å². The van der Waals surface area contributed by atoms with Crippen LogP contribution in [-0.4, -0.2) is 137 Å². The molecule has 86 heavy (non-hydrogen) atoms. The number of hydrogen-bond acceptors (Lipinski definition) is 21. The molecule has 6 heterocycles. The maximum absolute atomic E-state index is 16.2. The first-order valence-corrected chi connectivity index (χ1v) is 29.0. The number of aryl methyl sites for hydroxylation is 1. The van der Waals surface area contributed by atoms with E-state index in [4.69, 9.17) is 42.6 Å². The van der Waals surface area contributed by atoms with Gasteiger partial charge >= 0.3 is 29.8 Å².